The third-order valence-electron chi connectivity index (χ3n) is 2.03. The lowest BCUT2D eigenvalue weighted by molar-refractivity contribution is 0.474. The molecule has 0 spiro atoms. The van der Waals surface area contributed by atoms with Crippen molar-refractivity contribution in [2.24, 2.45) is 0 Å². The van der Waals surface area contributed by atoms with E-state index in [2.05, 4.69) is 15.9 Å². The Morgan fingerprint density at radius 2 is 2.21 bits per heavy atom. The minimum absolute atomic E-state index is 0.301. The van der Waals surface area contributed by atoms with Crippen molar-refractivity contribution in [2.45, 2.75) is 26.2 Å². The zero-order chi connectivity index (χ0) is 10.6. The van der Waals surface area contributed by atoms with Gasteiger partial charge in [0.05, 0.1) is 0 Å². The lowest BCUT2D eigenvalue weighted by atomic mass is 10.1. The maximum Gasteiger partial charge on any atom is 0.115 e. The van der Waals surface area contributed by atoms with Crippen LogP contribution in [0.25, 0.3) is 0 Å². The molecule has 3 heteroatoms. The van der Waals surface area contributed by atoms with Gasteiger partial charge in [-0.2, -0.15) is 0 Å². The van der Waals surface area contributed by atoms with E-state index in [-0.39, 0.29) is 0 Å². The summed E-state index contributed by atoms with van der Waals surface area (Å²) >= 11 is 3.43. The first kappa shape index (κ1) is 11.2. The van der Waals surface area contributed by atoms with E-state index in [0.29, 0.717) is 11.5 Å². The average Bonchev–Trinajstić information content (AvgIpc) is 2.10. The molecule has 0 aliphatic carbocycles. The van der Waals surface area contributed by atoms with Gasteiger partial charge in [0.1, 0.15) is 5.75 Å². The van der Waals surface area contributed by atoms with Crippen molar-refractivity contribution in [1.82, 2.24) is 0 Å². The average molecular weight is 252 g/mol. The van der Waals surface area contributed by atoms with Crippen molar-refractivity contribution in [3.8, 4) is 5.75 Å². The van der Waals surface area contributed by atoms with Crippen molar-refractivity contribution < 1.29 is 5.11 Å². The summed E-state index contributed by atoms with van der Waals surface area (Å²) in [6, 6.07) is 5.28. The zero-order valence-electron chi connectivity index (χ0n) is 8.18. The molecule has 0 radical (unpaired) electrons. The van der Waals surface area contributed by atoms with Crippen molar-refractivity contribution in [3.63, 3.8) is 0 Å². The number of phenolic OH excluding ortho intramolecular Hbond substituents is 1. The molecule has 0 heterocycles. The Morgan fingerprint density at radius 3 is 2.86 bits per heavy atom. The highest BCUT2D eigenvalue weighted by Crippen LogP contribution is 2.23. The summed E-state index contributed by atoms with van der Waals surface area (Å²) in [5, 5.41) is 16.6. The van der Waals surface area contributed by atoms with Crippen molar-refractivity contribution in [2.75, 3.05) is 0 Å². The molecule has 0 saturated heterocycles. The molecule has 0 aliphatic heterocycles. The Balaban J connectivity index is 2.57. The number of hydrogen-bond donors (Lipinski definition) is 2. The van der Waals surface area contributed by atoms with Crippen LogP contribution in [0.1, 0.15) is 25.3 Å². The molecule has 1 aromatic carbocycles. The predicted octanol–water partition coefficient (Wildman–Crippen LogP) is 3.52. The molecule has 2 nitrogen and oxygen atoms in total. The normalized spacial score (nSPS) is 10.1. The third kappa shape index (κ3) is 3.50. The molecular formula is C11H14BrNO. The molecule has 14 heavy (non-hydrogen) atoms. The first-order valence-electron chi connectivity index (χ1n) is 4.61. The maximum atomic E-state index is 9.28. The number of halogens is 1. The van der Waals surface area contributed by atoms with E-state index in [1.165, 1.54) is 0 Å². The smallest absolute Gasteiger partial charge is 0.115 e. The number of hydrogen-bond acceptors (Lipinski definition) is 2. The Morgan fingerprint density at radius 1 is 1.50 bits per heavy atom. The van der Waals surface area contributed by atoms with E-state index in [0.717, 1.165) is 29.3 Å². The zero-order valence-corrected chi connectivity index (χ0v) is 9.76. The van der Waals surface area contributed by atoms with Gasteiger partial charge >= 0.3 is 0 Å². The molecule has 0 fully saturated rings. The summed E-state index contributed by atoms with van der Waals surface area (Å²) < 4.78 is 1.03. The summed E-state index contributed by atoms with van der Waals surface area (Å²) in [6.45, 7) is 1.82. The lowest BCUT2D eigenvalue weighted by Gasteiger charge is -2.04. The van der Waals surface area contributed by atoms with Gasteiger partial charge in [0.2, 0.25) is 0 Å². The quantitative estimate of drug-likeness (QED) is 0.791. The highest BCUT2D eigenvalue weighted by molar-refractivity contribution is 9.10. The van der Waals surface area contributed by atoms with E-state index in [9.17, 15) is 5.11 Å². The van der Waals surface area contributed by atoms with Crippen LogP contribution in [0.15, 0.2) is 22.7 Å². The molecule has 0 saturated carbocycles. The van der Waals surface area contributed by atoms with Gasteiger partial charge in [-0.05, 0) is 49.9 Å². The fraction of sp³-hybridized carbons (Fsp3) is 0.364. The topological polar surface area (TPSA) is 44.1 Å². The van der Waals surface area contributed by atoms with Gasteiger partial charge in [-0.1, -0.05) is 15.9 Å². The van der Waals surface area contributed by atoms with Crippen molar-refractivity contribution >= 4 is 21.6 Å². The Labute approximate surface area is 92.6 Å². The summed E-state index contributed by atoms with van der Waals surface area (Å²) in [4.78, 5) is 0. The van der Waals surface area contributed by atoms with Gasteiger partial charge in [0, 0.05) is 10.2 Å². The molecule has 1 aromatic rings. The highest BCUT2D eigenvalue weighted by atomic mass is 75.9. The number of rotatable bonds is 4. The fourth-order valence-corrected chi connectivity index (χ4v) is 1.74. The van der Waals surface area contributed by atoms with Crippen LogP contribution in [-0.4, -0.2) is 10.8 Å². The first-order chi connectivity index (χ1) is 6.59. The molecule has 1 rings (SSSR count). The van der Waals surface area contributed by atoms with Gasteiger partial charge in [0.25, 0.3) is 0 Å². The van der Waals surface area contributed by atoms with Crippen LogP contribution in [0.4, 0.5) is 0 Å². The van der Waals surface area contributed by atoms with Gasteiger partial charge in [-0.3, -0.25) is 0 Å². The van der Waals surface area contributed by atoms with E-state index in [1.54, 1.807) is 12.1 Å². The summed E-state index contributed by atoms with van der Waals surface area (Å²) in [5.74, 6) is 0.301. The number of benzene rings is 1. The molecular weight excluding hydrogens is 238 g/mol. The van der Waals surface area contributed by atoms with Gasteiger partial charge in [-0.25, -0.2) is 0 Å². The van der Waals surface area contributed by atoms with Gasteiger partial charge < -0.3 is 10.5 Å². The Bertz CT molecular complexity index is 336. The standard InChI is InChI=1S/C11H14BrNO/c1-8(13)3-2-4-9-7-10(14)5-6-11(9)12/h5-7,13-14H,2-4H2,1H3/i12-4. The summed E-state index contributed by atoms with van der Waals surface area (Å²) in [7, 11) is 0. The van der Waals surface area contributed by atoms with Crippen molar-refractivity contribution in [1.29, 1.82) is 5.41 Å². The van der Waals surface area contributed by atoms with Gasteiger partial charge in [0.15, 0.2) is 0 Å². The monoisotopic (exact) mass is 252 g/mol. The van der Waals surface area contributed by atoms with Crippen LogP contribution in [0, 0.1) is 5.41 Å². The highest BCUT2D eigenvalue weighted by Gasteiger charge is 2.01. The van der Waals surface area contributed by atoms with E-state index in [4.69, 9.17) is 5.41 Å². The number of aryl methyl sites for hydroxylation is 1. The molecule has 2 N–H and O–H groups in total. The SMILES string of the molecule is CC(=N)CCCc1cc(O)ccc1[76Br]. The number of phenols is 1. The van der Waals surface area contributed by atoms with Crippen LogP contribution in [0.3, 0.4) is 0 Å². The minimum Gasteiger partial charge on any atom is -0.508 e. The molecule has 0 unspecified atom stereocenters. The lowest BCUT2D eigenvalue weighted by Crippen LogP contribution is -1.92. The summed E-state index contributed by atoms with van der Waals surface area (Å²) in [5.41, 5.74) is 1.81. The van der Waals surface area contributed by atoms with Gasteiger partial charge in [-0.15, -0.1) is 0 Å². The fourth-order valence-electron chi connectivity index (χ4n) is 1.30. The molecule has 0 atom stereocenters. The van der Waals surface area contributed by atoms with Crippen molar-refractivity contribution in [3.05, 3.63) is 28.2 Å². The second-order valence-corrected chi connectivity index (χ2v) is 4.26. The van der Waals surface area contributed by atoms with Crippen LogP contribution in [0.2, 0.25) is 0 Å². The molecule has 0 aromatic heterocycles. The van der Waals surface area contributed by atoms with Crippen LogP contribution < -0.4 is 0 Å². The predicted molar refractivity (Wildman–Crippen MR) is 62.1 cm³/mol. The van der Waals surface area contributed by atoms with E-state index < -0.39 is 0 Å². The number of nitrogens with one attached hydrogen (secondary N) is 1. The molecule has 0 amide bonds. The molecule has 0 bridgehead atoms. The Kier molecular flexibility index (Phi) is 4.14. The molecule has 76 valence electrons. The van der Waals surface area contributed by atoms with Crippen LogP contribution in [-0.2, 0) is 6.42 Å². The van der Waals surface area contributed by atoms with Crippen LogP contribution >= 0.6 is 15.9 Å². The molecule has 0 aliphatic rings. The van der Waals surface area contributed by atoms with Crippen LogP contribution in [0.5, 0.6) is 5.75 Å². The first-order valence-corrected chi connectivity index (χ1v) is 5.40. The minimum atomic E-state index is 0.301. The largest absolute Gasteiger partial charge is 0.508 e. The summed E-state index contributed by atoms with van der Waals surface area (Å²) in [6.07, 6.45) is 2.67. The third-order valence-corrected chi connectivity index (χ3v) is 2.80. The van der Waals surface area contributed by atoms with E-state index in [1.807, 2.05) is 13.0 Å². The second-order valence-electron chi connectivity index (χ2n) is 3.41. The maximum absolute atomic E-state index is 9.28. The number of aromatic hydroxyl groups is 1. The second kappa shape index (κ2) is 5.15. The van der Waals surface area contributed by atoms with E-state index >= 15 is 0 Å². The Hall–Kier alpha value is -0.830.